The largest absolute Gasteiger partial charge is 0.480 e. The molecule has 0 saturated carbocycles. The first-order valence-electron chi connectivity index (χ1n) is 5.63. The number of carboxylic acid groups (broad SMARTS) is 1. The fraction of sp³-hybridized carbons (Fsp3) is 0.500. The van der Waals surface area contributed by atoms with Crippen molar-refractivity contribution in [1.29, 1.82) is 0 Å². The number of methoxy groups -OCH3 is 1. The van der Waals surface area contributed by atoms with Gasteiger partial charge < -0.3 is 15.2 Å². The van der Waals surface area contributed by atoms with Gasteiger partial charge in [0.2, 0.25) is 0 Å². The highest BCUT2D eigenvalue weighted by Crippen LogP contribution is 2.15. The number of hydrogen-bond acceptors (Lipinski definition) is 4. The molecule has 1 rings (SSSR count). The lowest BCUT2D eigenvalue weighted by Crippen LogP contribution is -2.40. The Morgan fingerprint density at radius 2 is 2.22 bits per heavy atom. The number of ether oxygens (including phenoxy) is 1. The summed E-state index contributed by atoms with van der Waals surface area (Å²) in [5, 5.41) is 11.5. The first kappa shape index (κ1) is 14.7. The van der Waals surface area contributed by atoms with E-state index in [1.54, 1.807) is 13.2 Å². The van der Waals surface area contributed by atoms with Crippen molar-refractivity contribution in [2.24, 2.45) is 0 Å². The van der Waals surface area contributed by atoms with Crippen molar-refractivity contribution in [1.82, 2.24) is 5.32 Å². The zero-order chi connectivity index (χ0) is 13.5. The zero-order valence-electron chi connectivity index (χ0n) is 10.4. The summed E-state index contributed by atoms with van der Waals surface area (Å²) in [5.41, 5.74) is 0. The van der Waals surface area contributed by atoms with E-state index in [2.05, 4.69) is 5.32 Å². The standard InChI is InChI=1S/C12H17NO4S/c1-8-5-6-10(18-8)11(14)13-9(12(15)16)4-3-7-17-2/h5-6,9H,3-4,7H2,1-2H3,(H,13,14)(H,15,16). The number of carbonyl (C=O) groups excluding carboxylic acids is 1. The Morgan fingerprint density at radius 1 is 1.50 bits per heavy atom. The molecule has 0 aromatic carbocycles. The minimum absolute atomic E-state index is 0.335. The molecule has 1 unspecified atom stereocenters. The van der Waals surface area contributed by atoms with Crippen molar-refractivity contribution in [3.05, 3.63) is 21.9 Å². The Labute approximate surface area is 110 Å². The fourth-order valence-corrected chi connectivity index (χ4v) is 2.25. The van der Waals surface area contributed by atoms with Gasteiger partial charge in [0, 0.05) is 18.6 Å². The van der Waals surface area contributed by atoms with Crippen molar-refractivity contribution < 1.29 is 19.4 Å². The van der Waals surface area contributed by atoms with Crippen LogP contribution in [0, 0.1) is 6.92 Å². The van der Waals surface area contributed by atoms with Crippen LogP contribution in [-0.4, -0.2) is 36.7 Å². The number of hydrogen-bond donors (Lipinski definition) is 2. The summed E-state index contributed by atoms with van der Waals surface area (Å²) in [7, 11) is 1.56. The number of amides is 1. The molecule has 0 fully saturated rings. The van der Waals surface area contributed by atoms with E-state index in [4.69, 9.17) is 9.84 Å². The SMILES string of the molecule is COCCCC(NC(=O)c1ccc(C)s1)C(=O)O. The molecule has 2 N–H and O–H groups in total. The van der Waals surface area contributed by atoms with Crippen molar-refractivity contribution >= 4 is 23.2 Å². The van der Waals surface area contributed by atoms with Gasteiger partial charge in [-0.15, -0.1) is 11.3 Å². The smallest absolute Gasteiger partial charge is 0.326 e. The van der Waals surface area contributed by atoms with Crippen molar-refractivity contribution in [3.8, 4) is 0 Å². The molecular weight excluding hydrogens is 254 g/mol. The second-order valence-corrected chi connectivity index (χ2v) is 5.20. The summed E-state index contributed by atoms with van der Waals surface area (Å²) in [4.78, 5) is 24.4. The third-order valence-corrected chi connectivity index (χ3v) is 3.41. The van der Waals surface area contributed by atoms with E-state index >= 15 is 0 Å². The minimum atomic E-state index is -1.02. The Bertz CT molecular complexity index is 416. The molecule has 1 amide bonds. The fourth-order valence-electron chi connectivity index (χ4n) is 1.48. The summed E-state index contributed by atoms with van der Waals surface area (Å²) < 4.78 is 4.86. The number of nitrogens with one attached hydrogen (secondary N) is 1. The van der Waals surface area contributed by atoms with E-state index in [0.717, 1.165) is 4.88 Å². The van der Waals surface area contributed by atoms with Crippen LogP contribution in [-0.2, 0) is 9.53 Å². The predicted molar refractivity (Wildman–Crippen MR) is 69.1 cm³/mol. The highest BCUT2D eigenvalue weighted by atomic mass is 32.1. The van der Waals surface area contributed by atoms with Gasteiger partial charge in [0.1, 0.15) is 6.04 Å². The van der Waals surface area contributed by atoms with Crippen molar-refractivity contribution in [2.45, 2.75) is 25.8 Å². The third-order valence-electron chi connectivity index (χ3n) is 2.41. The van der Waals surface area contributed by atoms with Crippen LogP contribution in [0.15, 0.2) is 12.1 Å². The van der Waals surface area contributed by atoms with Crippen LogP contribution in [0.25, 0.3) is 0 Å². The molecule has 1 aromatic rings. The lowest BCUT2D eigenvalue weighted by molar-refractivity contribution is -0.139. The lowest BCUT2D eigenvalue weighted by atomic mass is 10.1. The maximum Gasteiger partial charge on any atom is 0.326 e. The molecule has 0 saturated heterocycles. The Hall–Kier alpha value is -1.40. The van der Waals surface area contributed by atoms with Gasteiger partial charge in [0.25, 0.3) is 5.91 Å². The summed E-state index contributed by atoms with van der Waals surface area (Å²) in [6.07, 6.45) is 0.955. The molecule has 0 aliphatic carbocycles. The first-order chi connectivity index (χ1) is 8.54. The van der Waals surface area contributed by atoms with Crippen LogP contribution in [0.5, 0.6) is 0 Å². The second-order valence-electron chi connectivity index (χ2n) is 3.91. The van der Waals surface area contributed by atoms with Crippen LogP contribution >= 0.6 is 11.3 Å². The molecule has 1 heterocycles. The Kier molecular flexibility index (Phi) is 5.80. The molecule has 0 radical (unpaired) electrons. The summed E-state index contributed by atoms with van der Waals surface area (Å²) >= 11 is 1.35. The molecule has 18 heavy (non-hydrogen) atoms. The van der Waals surface area contributed by atoms with Gasteiger partial charge >= 0.3 is 5.97 Å². The maximum absolute atomic E-state index is 11.8. The topological polar surface area (TPSA) is 75.6 Å². The summed E-state index contributed by atoms with van der Waals surface area (Å²) in [5.74, 6) is -1.36. The van der Waals surface area contributed by atoms with Crippen LogP contribution in [0.3, 0.4) is 0 Å². The van der Waals surface area contributed by atoms with E-state index in [0.29, 0.717) is 24.3 Å². The Balaban J connectivity index is 2.55. The second kappa shape index (κ2) is 7.13. The number of rotatable bonds is 7. The molecule has 1 aromatic heterocycles. The van der Waals surface area contributed by atoms with E-state index in [1.165, 1.54) is 11.3 Å². The minimum Gasteiger partial charge on any atom is -0.480 e. The van der Waals surface area contributed by atoms with Crippen LogP contribution in [0.1, 0.15) is 27.4 Å². The molecule has 100 valence electrons. The van der Waals surface area contributed by atoms with E-state index in [1.807, 2.05) is 13.0 Å². The summed E-state index contributed by atoms with van der Waals surface area (Å²) in [6.45, 7) is 2.38. The number of thiophene rings is 1. The summed E-state index contributed by atoms with van der Waals surface area (Å²) in [6, 6.07) is 2.67. The quantitative estimate of drug-likeness (QED) is 0.740. The molecular formula is C12H17NO4S. The van der Waals surface area contributed by atoms with Crippen molar-refractivity contribution in [3.63, 3.8) is 0 Å². The highest BCUT2D eigenvalue weighted by Gasteiger charge is 2.20. The van der Waals surface area contributed by atoms with Gasteiger partial charge in [-0.3, -0.25) is 4.79 Å². The van der Waals surface area contributed by atoms with Gasteiger partial charge in [-0.25, -0.2) is 4.79 Å². The molecule has 1 atom stereocenters. The third kappa shape index (κ3) is 4.46. The molecule has 0 aliphatic heterocycles. The first-order valence-corrected chi connectivity index (χ1v) is 6.45. The van der Waals surface area contributed by atoms with Gasteiger partial charge in [-0.1, -0.05) is 0 Å². The van der Waals surface area contributed by atoms with Crippen molar-refractivity contribution in [2.75, 3.05) is 13.7 Å². The van der Waals surface area contributed by atoms with Crippen LogP contribution < -0.4 is 5.32 Å². The number of carbonyl (C=O) groups is 2. The normalized spacial score (nSPS) is 12.1. The Morgan fingerprint density at radius 3 is 2.72 bits per heavy atom. The molecule has 6 heteroatoms. The number of aryl methyl sites for hydroxylation is 1. The monoisotopic (exact) mass is 271 g/mol. The van der Waals surface area contributed by atoms with Gasteiger partial charge in [-0.05, 0) is 31.9 Å². The van der Waals surface area contributed by atoms with Gasteiger partial charge in [-0.2, -0.15) is 0 Å². The average molecular weight is 271 g/mol. The average Bonchev–Trinajstić information content (AvgIpc) is 2.74. The molecule has 0 bridgehead atoms. The zero-order valence-corrected chi connectivity index (χ0v) is 11.3. The van der Waals surface area contributed by atoms with Crippen LogP contribution in [0.4, 0.5) is 0 Å². The lowest BCUT2D eigenvalue weighted by Gasteiger charge is -2.13. The van der Waals surface area contributed by atoms with E-state index < -0.39 is 12.0 Å². The highest BCUT2D eigenvalue weighted by molar-refractivity contribution is 7.13. The maximum atomic E-state index is 11.8. The number of carboxylic acids is 1. The van der Waals surface area contributed by atoms with Crippen LogP contribution in [0.2, 0.25) is 0 Å². The predicted octanol–water partition coefficient (Wildman–Crippen LogP) is 1.67. The molecule has 0 spiro atoms. The molecule has 5 nitrogen and oxygen atoms in total. The van der Waals surface area contributed by atoms with Gasteiger partial charge in [0.15, 0.2) is 0 Å². The van der Waals surface area contributed by atoms with E-state index in [-0.39, 0.29) is 5.91 Å². The number of aliphatic carboxylic acids is 1. The van der Waals surface area contributed by atoms with E-state index in [9.17, 15) is 9.59 Å². The molecule has 0 aliphatic rings. The van der Waals surface area contributed by atoms with Gasteiger partial charge in [0.05, 0.1) is 4.88 Å².